The van der Waals surface area contributed by atoms with E-state index in [4.69, 9.17) is 0 Å². The van der Waals surface area contributed by atoms with Crippen LogP contribution >= 0.6 is 0 Å². The summed E-state index contributed by atoms with van der Waals surface area (Å²) in [6.45, 7) is 6.75. The number of rotatable bonds is 10. The first-order valence-electron chi connectivity index (χ1n) is 6.88. The molecule has 0 aliphatic carbocycles. The van der Waals surface area contributed by atoms with Crippen molar-refractivity contribution in [3.05, 3.63) is 0 Å². The van der Waals surface area contributed by atoms with Gasteiger partial charge in [-0.3, -0.25) is 0 Å². The van der Waals surface area contributed by atoms with E-state index < -0.39 is 0 Å². The summed E-state index contributed by atoms with van der Waals surface area (Å²) in [4.78, 5) is 0. The highest BCUT2D eigenvalue weighted by Crippen LogP contribution is 2.16. The third-order valence-electron chi connectivity index (χ3n) is 3.14. The van der Waals surface area contributed by atoms with Gasteiger partial charge in [0.1, 0.15) is 0 Å². The summed E-state index contributed by atoms with van der Waals surface area (Å²) in [6, 6.07) is 0. The Morgan fingerprint density at radius 3 is 2.00 bits per heavy atom. The van der Waals surface area contributed by atoms with E-state index in [2.05, 4.69) is 20.8 Å². The first-order valence-corrected chi connectivity index (χ1v) is 6.88. The molecule has 0 amide bonds. The standard InChI is InChI=1S/C14H30O/c1-4-9-13(3)11-7-6-8-12-14(15)10-5-2/h13-15H,4-12H2,1-3H3. The van der Waals surface area contributed by atoms with Crippen molar-refractivity contribution in [2.75, 3.05) is 0 Å². The lowest BCUT2D eigenvalue weighted by Crippen LogP contribution is -2.05. The van der Waals surface area contributed by atoms with Crippen molar-refractivity contribution >= 4 is 0 Å². The average molecular weight is 214 g/mol. The van der Waals surface area contributed by atoms with Crippen LogP contribution in [0.25, 0.3) is 0 Å². The number of aliphatic hydroxyl groups is 1. The maximum Gasteiger partial charge on any atom is 0.0540 e. The highest BCUT2D eigenvalue weighted by Gasteiger charge is 2.03. The lowest BCUT2D eigenvalue weighted by molar-refractivity contribution is 0.149. The zero-order valence-electron chi connectivity index (χ0n) is 11.0. The SMILES string of the molecule is CCCC(C)CCCCCC(O)CCC. The van der Waals surface area contributed by atoms with Crippen molar-refractivity contribution in [3.63, 3.8) is 0 Å². The number of hydrogen-bond acceptors (Lipinski definition) is 1. The Balaban J connectivity index is 3.17. The molecule has 15 heavy (non-hydrogen) atoms. The Hall–Kier alpha value is -0.0400. The van der Waals surface area contributed by atoms with E-state index in [0.29, 0.717) is 0 Å². The minimum absolute atomic E-state index is 0.0388. The van der Waals surface area contributed by atoms with E-state index in [-0.39, 0.29) is 6.10 Å². The molecule has 2 atom stereocenters. The quantitative estimate of drug-likeness (QED) is 0.530. The molecule has 0 aromatic heterocycles. The summed E-state index contributed by atoms with van der Waals surface area (Å²) in [5, 5.41) is 9.54. The Morgan fingerprint density at radius 2 is 1.40 bits per heavy atom. The van der Waals surface area contributed by atoms with Crippen LogP contribution in [0.4, 0.5) is 0 Å². The smallest absolute Gasteiger partial charge is 0.0540 e. The van der Waals surface area contributed by atoms with Gasteiger partial charge in [-0.25, -0.2) is 0 Å². The first kappa shape index (κ1) is 15.0. The Labute approximate surface area is 96.3 Å². The van der Waals surface area contributed by atoms with Crippen LogP contribution in [0.3, 0.4) is 0 Å². The summed E-state index contributed by atoms with van der Waals surface area (Å²) >= 11 is 0. The lowest BCUT2D eigenvalue weighted by atomic mass is 9.97. The van der Waals surface area contributed by atoms with Crippen molar-refractivity contribution in [2.24, 2.45) is 5.92 Å². The molecule has 0 saturated carbocycles. The van der Waals surface area contributed by atoms with Crippen LogP contribution in [-0.4, -0.2) is 11.2 Å². The highest BCUT2D eigenvalue weighted by molar-refractivity contribution is 4.57. The molecule has 0 radical (unpaired) electrons. The number of aliphatic hydroxyl groups excluding tert-OH is 1. The second-order valence-electron chi connectivity index (χ2n) is 4.97. The van der Waals surface area contributed by atoms with Gasteiger partial charge in [-0.2, -0.15) is 0 Å². The lowest BCUT2D eigenvalue weighted by Gasteiger charge is -2.11. The molecule has 1 heteroatoms. The maximum absolute atomic E-state index is 9.54. The average Bonchev–Trinajstić information content (AvgIpc) is 2.18. The van der Waals surface area contributed by atoms with Crippen molar-refractivity contribution in [3.8, 4) is 0 Å². The molecule has 0 saturated heterocycles. The molecule has 0 heterocycles. The summed E-state index contributed by atoms with van der Waals surface area (Å²) in [5.74, 6) is 0.899. The fourth-order valence-electron chi connectivity index (χ4n) is 2.16. The summed E-state index contributed by atoms with van der Waals surface area (Å²) < 4.78 is 0. The van der Waals surface area contributed by atoms with Gasteiger partial charge in [0.2, 0.25) is 0 Å². The van der Waals surface area contributed by atoms with Gasteiger partial charge >= 0.3 is 0 Å². The van der Waals surface area contributed by atoms with E-state index in [1.54, 1.807) is 0 Å². The number of hydrogen-bond donors (Lipinski definition) is 1. The fraction of sp³-hybridized carbons (Fsp3) is 1.00. The molecule has 2 unspecified atom stereocenters. The third-order valence-corrected chi connectivity index (χ3v) is 3.14. The van der Waals surface area contributed by atoms with E-state index in [1.807, 2.05) is 0 Å². The molecule has 0 aromatic rings. The van der Waals surface area contributed by atoms with Gasteiger partial charge in [-0.05, 0) is 18.8 Å². The predicted molar refractivity (Wildman–Crippen MR) is 68.1 cm³/mol. The Bertz CT molecular complexity index is 109. The first-order chi connectivity index (χ1) is 7.20. The normalized spacial score (nSPS) is 15.2. The monoisotopic (exact) mass is 214 g/mol. The van der Waals surface area contributed by atoms with Crippen molar-refractivity contribution < 1.29 is 5.11 Å². The molecule has 0 aliphatic rings. The molecule has 0 rings (SSSR count). The largest absolute Gasteiger partial charge is 0.393 e. The van der Waals surface area contributed by atoms with E-state index >= 15 is 0 Å². The third kappa shape index (κ3) is 10.2. The minimum atomic E-state index is -0.0388. The van der Waals surface area contributed by atoms with E-state index in [9.17, 15) is 5.11 Å². The van der Waals surface area contributed by atoms with Gasteiger partial charge in [-0.15, -0.1) is 0 Å². The van der Waals surface area contributed by atoms with Crippen LogP contribution in [0.2, 0.25) is 0 Å². The molecule has 1 nitrogen and oxygen atoms in total. The zero-order valence-corrected chi connectivity index (χ0v) is 11.0. The fourth-order valence-corrected chi connectivity index (χ4v) is 2.16. The van der Waals surface area contributed by atoms with Gasteiger partial charge in [0, 0.05) is 0 Å². The molecule has 0 aromatic carbocycles. The Kier molecular flexibility index (Phi) is 10.4. The van der Waals surface area contributed by atoms with Crippen LogP contribution in [-0.2, 0) is 0 Å². The topological polar surface area (TPSA) is 20.2 Å². The van der Waals surface area contributed by atoms with Crippen molar-refractivity contribution in [2.45, 2.75) is 84.7 Å². The van der Waals surface area contributed by atoms with Gasteiger partial charge in [0.15, 0.2) is 0 Å². The predicted octanol–water partition coefficient (Wildman–Crippen LogP) is 4.53. The molecule has 0 fully saturated rings. The molecular weight excluding hydrogens is 184 g/mol. The Morgan fingerprint density at radius 1 is 0.800 bits per heavy atom. The van der Waals surface area contributed by atoms with Crippen LogP contribution in [0.5, 0.6) is 0 Å². The van der Waals surface area contributed by atoms with Gasteiger partial charge in [0.05, 0.1) is 6.10 Å². The molecule has 0 bridgehead atoms. The zero-order chi connectivity index (χ0) is 11.5. The van der Waals surface area contributed by atoms with Crippen LogP contribution in [0.15, 0.2) is 0 Å². The summed E-state index contributed by atoms with van der Waals surface area (Å²) in [6.07, 6.45) is 11.0. The minimum Gasteiger partial charge on any atom is -0.393 e. The summed E-state index contributed by atoms with van der Waals surface area (Å²) in [5.41, 5.74) is 0. The summed E-state index contributed by atoms with van der Waals surface area (Å²) in [7, 11) is 0. The van der Waals surface area contributed by atoms with Gasteiger partial charge in [-0.1, -0.05) is 65.7 Å². The van der Waals surface area contributed by atoms with Gasteiger partial charge in [0.25, 0.3) is 0 Å². The second-order valence-corrected chi connectivity index (χ2v) is 4.97. The van der Waals surface area contributed by atoms with Crippen LogP contribution < -0.4 is 0 Å². The maximum atomic E-state index is 9.54. The second kappa shape index (κ2) is 10.5. The highest BCUT2D eigenvalue weighted by atomic mass is 16.3. The van der Waals surface area contributed by atoms with Crippen LogP contribution in [0, 0.1) is 5.92 Å². The van der Waals surface area contributed by atoms with Crippen LogP contribution in [0.1, 0.15) is 78.6 Å². The molecule has 0 aliphatic heterocycles. The molecule has 92 valence electrons. The van der Waals surface area contributed by atoms with Crippen molar-refractivity contribution in [1.29, 1.82) is 0 Å². The van der Waals surface area contributed by atoms with Gasteiger partial charge < -0.3 is 5.11 Å². The molecular formula is C14H30O. The van der Waals surface area contributed by atoms with E-state index in [1.165, 1.54) is 38.5 Å². The van der Waals surface area contributed by atoms with Crippen molar-refractivity contribution in [1.82, 2.24) is 0 Å². The molecule has 1 N–H and O–H groups in total. The molecule has 0 spiro atoms. The number of unbranched alkanes of at least 4 members (excludes halogenated alkanes) is 2. The van der Waals surface area contributed by atoms with E-state index in [0.717, 1.165) is 25.2 Å².